The van der Waals surface area contributed by atoms with Crippen LogP contribution < -0.4 is 0 Å². The molecule has 0 spiro atoms. The monoisotopic (exact) mass is 365 g/mol. The summed E-state index contributed by atoms with van der Waals surface area (Å²) < 4.78 is 1.53. The highest BCUT2D eigenvalue weighted by Crippen LogP contribution is 2.29. The standard InChI is InChI=1S/C18H12ClN5O2/c1-11-2-4-12(5-3-11)15-10-16-20-21-18(23(16)22-17(15)19)13-6-8-14(9-7-13)24(25)26/h2-10H,1H3. The Hall–Kier alpha value is -3.32. The lowest BCUT2D eigenvalue weighted by Gasteiger charge is -2.06. The van der Waals surface area contributed by atoms with Crippen molar-refractivity contribution in [3.8, 4) is 22.5 Å². The highest BCUT2D eigenvalue weighted by Gasteiger charge is 2.15. The molecular weight excluding hydrogens is 354 g/mol. The molecule has 0 N–H and O–H groups in total. The van der Waals surface area contributed by atoms with Crippen molar-refractivity contribution in [2.45, 2.75) is 6.92 Å². The van der Waals surface area contributed by atoms with E-state index < -0.39 is 4.92 Å². The number of benzene rings is 2. The number of hydrogen-bond acceptors (Lipinski definition) is 5. The van der Waals surface area contributed by atoms with Gasteiger partial charge in [0.15, 0.2) is 16.6 Å². The minimum Gasteiger partial charge on any atom is -0.258 e. The molecule has 0 radical (unpaired) electrons. The summed E-state index contributed by atoms with van der Waals surface area (Å²) in [6.45, 7) is 2.02. The van der Waals surface area contributed by atoms with Crippen molar-refractivity contribution in [1.29, 1.82) is 0 Å². The van der Waals surface area contributed by atoms with Crippen LogP contribution in [0.3, 0.4) is 0 Å². The summed E-state index contributed by atoms with van der Waals surface area (Å²) in [6, 6.07) is 15.8. The molecule has 2 heterocycles. The summed E-state index contributed by atoms with van der Waals surface area (Å²) in [7, 11) is 0. The number of fused-ring (bicyclic) bond motifs is 1. The molecular formula is C18H12ClN5O2. The molecule has 0 aliphatic rings. The van der Waals surface area contributed by atoms with E-state index in [0.29, 0.717) is 22.2 Å². The van der Waals surface area contributed by atoms with E-state index in [1.165, 1.54) is 16.6 Å². The smallest absolute Gasteiger partial charge is 0.258 e. The van der Waals surface area contributed by atoms with Crippen molar-refractivity contribution in [2.75, 3.05) is 0 Å². The van der Waals surface area contributed by atoms with Crippen molar-refractivity contribution in [2.24, 2.45) is 0 Å². The average molecular weight is 366 g/mol. The van der Waals surface area contributed by atoms with E-state index in [2.05, 4.69) is 15.3 Å². The van der Waals surface area contributed by atoms with Crippen LogP contribution in [-0.2, 0) is 0 Å². The van der Waals surface area contributed by atoms with Crippen LogP contribution in [0.15, 0.2) is 54.6 Å². The van der Waals surface area contributed by atoms with Crippen LogP contribution in [0, 0.1) is 17.0 Å². The topological polar surface area (TPSA) is 86.2 Å². The van der Waals surface area contributed by atoms with Gasteiger partial charge in [-0.3, -0.25) is 10.1 Å². The van der Waals surface area contributed by atoms with Gasteiger partial charge < -0.3 is 0 Å². The summed E-state index contributed by atoms with van der Waals surface area (Å²) in [5.41, 5.74) is 4.07. The number of non-ortho nitro benzene ring substituents is 1. The number of aromatic nitrogens is 4. The number of nitrogens with zero attached hydrogens (tertiary/aromatic N) is 5. The molecule has 0 fully saturated rings. The van der Waals surface area contributed by atoms with Crippen molar-refractivity contribution in [3.63, 3.8) is 0 Å². The Morgan fingerprint density at radius 3 is 2.31 bits per heavy atom. The van der Waals surface area contributed by atoms with Gasteiger partial charge in [0.1, 0.15) is 0 Å². The lowest BCUT2D eigenvalue weighted by atomic mass is 10.1. The average Bonchev–Trinajstić information content (AvgIpc) is 3.04. The molecule has 4 aromatic rings. The number of halogens is 1. The van der Waals surface area contributed by atoms with Crippen molar-refractivity contribution < 1.29 is 4.92 Å². The number of aryl methyl sites for hydroxylation is 1. The lowest BCUT2D eigenvalue weighted by Crippen LogP contribution is -1.97. The molecule has 0 bridgehead atoms. The Kier molecular flexibility index (Phi) is 3.85. The van der Waals surface area contributed by atoms with Crippen LogP contribution in [-0.4, -0.2) is 24.7 Å². The third-order valence-corrected chi connectivity index (χ3v) is 4.33. The maximum absolute atomic E-state index is 10.8. The quantitative estimate of drug-likeness (QED) is 0.398. The van der Waals surface area contributed by atoms with E-state index in [1.54, 1.807) is 12.1 Å². The molecule has 26 heavy (non-hydrogen) atoms. The van der Waals surface area contributed by atoms with Crippen LogP contribution in [0.2, 0.25) is 5.15 Å². The van der Waals surface area contributed by atoms with Gasteiger partial charge >= 0.3 is 0 Å². The fraction of sp³-hybridized carbons (Fsp3) is 0.0556. The minimum atomic E-state index is -0.450. The van der Waals surface area contributed by atoms with Gasteiger partial charge in [0.25, 0.3) is 5.69 Å². The summed E-state index contributed by atoms with van der Waals surface area (Å²) in [5, 5.41) is 23.8. The zero-order chi connectivity index (χ0) is 18.3. The molecule has 2 aromatic carbocycles. The number of nitro groups is 1. The molecule has 7 nitrogen and oxygen atoms in total. The fourth-order valence-electron chi connectivity index (χ4n) is 2.66. The maximum Gasteiger partial charge on any atom is 0.269 e. The summed E-state index contributed by atoms with van der Waals surface area (Å²) >= 11 is 6.38. The SMILES string of the molecule is Cc1ccc(-c2cc3nnc(-c4ccc([N+](=O)[O-])cc4)n3nc2Cl)cc1. The molecule has 128 valence electrons. The van der Waals surface area contributed by atoms with E-state index in [9.17, 15) is 10.1 Å². The predicted octanol–water partition coefficient (Wildman–Crippen LogP) is 4.33. The van der Waals surface area contributed by atoms with Gasteiger partial charge in [-0.2, -0.15) is 9.61 Å². The molecule has 0 unspecified atom stereocenters. The molecule has 2 aromatic heterocycles. The van der Waals surface area contributed by atoms with E-state index in [1.807, 2.05) is 37.3 Å². The summed E-state index contributed by atoms with van der Waals surface area (Å²) in [6.07, 6.45) is 0. The molecule has 0 aliphatic carbocycles. The van der Waals surface area contributed by atoms with Crippen molar-refractivity contribution in [3.05, 3.63) is 75.4 Å². The third-order valence-electron chi connectivity index (χ3n) is 4.05. The van der Waals surface area contributed by atoms with Crippen LogP contribution >= 0.6 is 11.6 Å². The minimum absolute atomic E-state index is 0.00946. The Morgan fingerprint density at radius 2 is 1.65 bits per heavy atom. The molecule has 0 saturated carbocycles. The Morgan fingerprint density at radius 1 is 1.00 bits per heavy atom. The van der Waals surface area contributed by atoms with E-state index in [4.69, 9.17) is 11.6 Å². The van der Waals surface area contributed by atoms with Gasteiger partial charge in [0.2, 0.25) is 0 Å². The number of rotatable bonds is 3. The first-order chi connectivity index (χ1) is 12.5. The fourth-order valence-corrected chi connectivity index (χ4v) is 2.90. The van der Waals surface area contributed by atoms with E-state index >= 15 is 0 Å². The van der Waals surface area contributed by atoms with Gasteiger partial charge in [0.05, 0.1) is 4.92 Å². The zero-order valence-corrected chi connectivity index (χ0v) is 14.4. The predicted molar refractivity (Wildman–Crippen MR) is 98.1 cm³/mol. The van der Waals surface area contributed by atoms with Crippen LogP contribution in [0.5, 0.6) is 0 Å². The maximum atomic E-state index is 10.8. The second-order valence-electron chi connectivity index (χ2n) is 5.81. The van der Waals surface area contributed by atoms with Crippen molar-refractivity contribution in [1.82, 2.24) is 19.8 Å². The highest BCUT2D eigenvalue weighted by molar-refractivity contribution is 6.32. The highest BCUT2D eigenvalue weighted by atomic mass is 35.5. The third kappa shape index (κ3) is 2.78. The molecule has 0 aliphatic heterocycles. The molecule has 0 amide bonds. The largest absolute Gasteiger partial charge is 0.269 e. The number of hydrogen-bond donors (Lipinski definition) is 0. The second-order valence-corrected chi connectivity index (χ2v) is 6.17. The normalized spacial score (nSPS) is 11.0. The first kappa shape index (κ1) is 16.2. The Labute approximate surface area is 153 Å². The second kappa shape index (κ2) is 6.20. The van der Waals surface area contributed by atoms with Crippen LogP contribution in [0.1, 0.15) is 5.56 Å². The van der Waals surface area contributed by atoms with Gasteiger partial charge in [-0.1, -0.05) is 41.4 Å². The van der Waals surface area contributed by atoms with Gasteiger partial charge in [0, 0.05) is 23.3 Å². The molecule has 8 heteroatoms. The van der Waals surface area contributed by atoms with Crippen LogP contribution in [0.25, 0.3) is 28.2 Å². The zero-order valence-electron chi connectivity index (χ0n) is 13.6. The van der Waals surface area contributed by atoms with Gasteiger partial charge in [-0.25, -0.2) is 0 Å². The van der Waals surface area contributed by atoms with Crippen molar-refractivity contribution >= 4 is 22.9 Å². The Balaban J connectivity index is 1.80. The molecule has 0 saturated heterocycles. The summed E-state index contributed by atoms with van der Waals surface area (Å²) in [4.78, 5) is 10.3. The van der Waals surface area contributed by atoms with Gasteiger partial charge in [-0.05, 0) is 30.7 Å². The first-order valence-electron chi connectivity index (χ1n) is 7.77. The van der Waals surface area contributed by atoms with Gasteiger partial charge in [-0.15, -0.1) is 10.2 Å². The first-order valence-corrected chi connectivity index (χ1v) is 8.14. The molecule has 4 rings (SSSR count). The Bertz CT molecular complexity index is 1120. The summed E-state index contributed by atoms with van der Waals surface area (Å²) in [5.74, 6) is 0.465. The number of nitro benzene ring substituents is 1. The van der Waals surface area contributed by atoms with E-state index in [0.717, 1.165) is 16.7 Å². The van der Waals surface area contributed by atoms with E-state index in [-0.39, 0.29) is 5.69 Å². The lowest BCUT2D eigenvalue weighted by molar-refractivity contribution is -0.384. The van der Waals surface area contributed by atoms with Crippen LogP contribution in [0.4, 0.5) is 5.69 Å². The molecule has 0 atom stereocenters.